The fourth-order valence-corrected chi connectivity index (χ4v) is 0.619. The molecule has 0 saturated heterocycles. The van der Waals surface area contributed by atoms with Gasteiger partial charge in [-0.05, 0) is 13.8 Å². The number of carbonyl (C=O) groups is 2. The number of carbonyl (C=O) groups excluding carboxylic acids is 2. The standard InChI is InChI=1S/C7H12O4/c1-4(8)3-6(10)7(11)5(2)9/h5,7,9,11H,3H2,1-2H3. The van der Waals surface area contributed by atoms with Crippen LogP contribution in [0.2, 0.25) is 0 Å². The molecule has 2 N–H and O–H groups in total. The van der Waals surface area contributed by atoms with Crippen LogP contribution in [-0.2, 0) is 9.59 Å². The summed E-state index contributed by atoms with van der Waals surface area (Å²) < 4.78 is 0. The first-order valence-electron chi connectivity index (χ1n) is 3.33. The zero-order valence-electron chi connectivity index (χ0n) is 6.57. The molecule has 4 heteroatoms. The molecule has 0 aliphatic carbocycles. The summed E-state index contributed by atoms with van der Waals surface area (Å²) in [4.78, 5) is 21.1. The van der Waals surface area contributed by atoms with Crippen LogP contribution in [0.25, 0.3) is 0 Å². The zero-order chi connectivity index (χ0) is 9.02. The van der Waals surface area contributed by atoms with Crippen LogP contribution in [0.4, 0.5) is 0 Å². The minimum atomic E-state index is -1.43. The predicted molar refractivity (Wildman–Crippen MR) is 38.0 cm³/mol. The molecule has 0 spiro atoms. The largest absolute Gasteiger partial charge is 0.390 e. The van der Waals surface area contributed by atoms with Crippen molar-refractivity contribution in [2.24, 2.45) is 0 Å². The van der Waals surface area contributed by atoms with E-state index in [4.69, 9.17) is 10.2 Å². The normalized spacial score (nSPS) is 15.6. The molecule has 0 aromatic carbocycles. The number of Topliss-reactive ketones (excluding diaryl/α,β-unsaturated/α-hetero) is 2. The summed E-state index contributed by atoms with van der Waals surface area (Å²) in [7, 11) is 0. The van der Waals surface area contributed by atoms with Crippen molar-refractivity contribution >= 4 is 11.6 Å². The van der Waals surface area contributed by atoms with Gasteiger partial charge in [0.2, 0.25) is 0 Å². The predicted octanol–water partition coefficient (Wildman–Crippen LogP) is -0.724. The highest BCUT2D eigenvalue weighted by atomic mass is 16.3. The Morgan fingerprint density at radius 1 is 1.36 bits per heavy atom. The molecule has 11 heavy (non-hydrogen) atoms. The molecule has 4 nitrogen and oxygen atoms in total. The average molecular weight is 160 g/mol. The molecule has 64 valence electrons. The van der Waals surface area contributed by atoms with Crippen LogP contribution in [0.1, 0.15) is 20.3 Å². The van der Waals surface area contributed by atoms with Gasteiger partial charge < -0.3 is 10.2 Å². The Morgan fingerprint density at radius 3 is 2.09 bits per heavy atom. The van der Waals surface area contributed by atoms with Gasteiger partial charge >= 0.3 is 0 Å². The highest BCUT2D eigenvalue weighted by Crippen LogP contribution is 1.97. The van der Waals surface area contributed by atoms with Gasteiger partial charge in [-0.25, -0.2) is 0 Å². The smallest absolute Gasteiger partial charge is 0.171 e. The Morgan fingerprint density at radius 2 is 1.82 bits per heavy atom. The summed E-state index contributed by atoms with van der Waals surface area (Å²) in [6.45, 7) is 2.55. The SMILES string of the molecule is CC(=O)CC(=O)C(O)C(C)O. The monoisotopic (exact) mass is 160 g/mol. The second kappa shape index (κ2) is 4.20. The number of hydrogen-bond donors (Lipinski definition) is 2. The molecule has 0 heterocycles. The Bertz CT molecular complexity index is 162. The van der Waals surface area contributed by atoms with E-state index in [2.05, 4.69) is 0 Å². The second-order valence-corrected chi connectivity index (χ2v) is 2.53. The Labute approximate surface area is 64.8 Å². The molecule has 0 aromatic heterocycles. The zero-order valence-corrected chi connectivity index (χ0v) is 6.57. The first-order chi connectivity index (χ1) is 4.95. The number of aliphatic hydroxyl groups excluding tert-OH is 2. The summed E-state index contributed by atoms with van der Waals surface area (Å²) >= 11 is 0. The first-order valence-corrected chi connectivity index (χ1v) is 3.33. The van der Waals surface area contributed by atoms with Gasteiger partial charge in [-0.15, -0.1) is 0 Å². The van der Waals surface area contributed by atoms with E-state index in [1.165, 1.54) is 13.8 Å². The molecule has 0 aliphatic rings. The van der Waals surface area contributed by atoms with Crippen molar-refractivity contribution in [3.63, 3.8) is 0 Å². The quantitative estimate of drug-likeness (QED) is 0.532. The van der Waals surface area contributed by atoms with Crippen molar-refractivity contribution in [1.82, 2.24) is 0 Å². The summed E-state index contributed by atoms with van der Waals surface area (Å²) in [5.74, 6) is -0.942. The van der Waals surface area contributed by atoms with E-state index in [0.717, 1.165) is 0 Å². The van der Waals surface area contributed by atoms with Gasteiger partial charge in [0.05, 0.1) is 12.5 Å². The lowest BCUT2D eigenvalue weighted by Gasteiger charge is -2.10. The summed E-state index contributed by atoms with van der Waals surface area (Å²) in [5.41, 5.74) is 0. The van der Waals surface area contributed by atoms with Crippen LogP contribution in [0, 0.1) is 0 Å². The Hall–Kier alpha value is -0.740. The molecular weight excluding hydrogens is 148 g/mol. The van der Waals surface area contributed by atoms with Gasteiger partial charge in [-0.3, -0.25) is 9.59 Å². The highest BCUT2D eigenvalue weighted by molar-refractivity contribution is 6.00. The van der Waals surface area contributed by atoms with Gasteiger partial charge in [-0.1, -0.05) is 0 Å². The Balaban J connectivity index is 3.93. The molecule has 0 saturated carbocycles. The van der Waals surface area contributed by atoms with Crippen molar-refractivity contribution in [3.05, 3.63) is 0 Å². The minimum absolute atomic E-state index is 0.310. The van der Waals surface area contributed by atoms with Crippen molar-refractivity contribution in [2.75, 3.05) is 0 Å². The fourth-order valence-electron chi connectivity index (χ4n) is 0.619. The maximum absolute atomic E-state index is 10.8. The van der Waals surface area contributed by atoms with Crippen LogP contribution in [-0.4, -0.2) is 34.0 Å². The minimum Gasteiger partial charge on any atom is -0.390 e. The number of hydrogen-bond acceptors (Lipinski definition) is 4. The Kier molecular flexibility index (Phi) is 3.92. The molecule has 0 fully saturated rings. The van der Waals surface area contributed by atoms with E-state index in [1.807, 2.05) is 0 Å². The van der Waals surface area contributed by atoms with Crippen LogP contribution < -0.4 is 0 Å². The molecule has 0 radical (unpaired) electrons. The fraction of sp³-hybridized carbons (Fsp3) is 0.714. The van der Waals surface area contributed by atoms with Crippen LogP contribution in [0.15, 0.2) is 0 Å². The van der Waals surface area contributed by atoms with Crippen molar-refractivity contribution in [1.29, 1.82) is 0 Å². The molecule has 0 rings (SSSR count). The maximum Gasteiger partial charge on any atom is 0.171 e. The molecular formula is C7H12O4. The third kappa shape index (κ3) is 3.85. The number of ketones is 2. The summed E-state index contributed by atoms with van der Waals surface area (Å²) in [5, 5.41) is 17.6. The lowest BCUT2D eigenvalue weighted by Crippen LogP contribution is -2.32. The van der Waals surface area contributed by atoms with Crippen molar-refractivity contribution in [3.8, 4) is 0 Å². The van der Waals surface area contributed by atoms with Gasteiger partial charge in [0.15, 0.2) is 5.78 Å². The lowest BCUT2D eigenvalue weighted by atomic mass is 10.1. The summed E-state index contributed by atoms with van der Waals surface area (Å²) in [6.07, 6.45) is -2.85. The topological polar surface area (TPSA) is 74.6 Å². The van der Waals surface area contributed by atoms with Crippen molar-refractivity contribution in [2.45, 2.75) is 32.5 Å². The van der Waals surface area contributed by atoms with E-state index >= 15 is 0 Å². The third-order valence-corrected chi connectivity index (χ3v) is 1.21. The lowest BCUT2D eigenvalue weighted by molar-refractivity contribution is -0.135. The van der Waals surface area contributed by atoms with Gasteiger partial charge in [0.1, 0.15) is 11.9 Å². The second-order valence-electron chi connectivity index (χ2n) is 2.53. The van der Waals surface area contributed by atoms with Crippen LogP contribution in [0.5, 0.6) is 0 Å². The van der Waals surface area contributed by atoms with E-state index in [9.17, 15) is 9.59 Å². The van der Waals surface area contributed by atoms with E-state index in [-0.39, 0.29) is 12.2 Å². The number of rotatable bonds is 4. The molecule has 2 atom stereocenters. The molecule has 2 unspecified atom stereocenters. The molecule has 0 aromatic rings. The van der Waals surface area contributed by atoms with E-state index in [0.29, 0.717) is 0 Å². The number of aliphatic hydroxyl groups is 2. The highest BCUT2D eigenvalue weighted by Gasteiger charge is 2.20. The molecule has 0 amide bonds. The molecule has 0 bridgehead atoms. The first kappa shape index (κ1) is 10.3. The van der Waals surface area contributed by atoms with Gasteiger partial charge in [0, 0.05) is 0 Å². The average Bonchev–Trinajstić information content (AvgIpc) is 1.84. The van der Waals surface area contributed by atoms with Crippen molar-refractivity contribution < 1.29 is 19.8 Å². The maximum atomic E-state index is 10.8. The summed E-state index contributed by atoms with van der Waals surface area (Å²) in [6, 6.07) is 0. The van der Waals surface area contributed by atoms with Gasteiger partial charge in [0.25, 0.3) is 0 Å². The van der Waals surface area contributed by atoms with Crippen LogP contribution >= 0.6 is 0 Å². The van der Waals surface area contributed by atoms with E-state index in [1.54, 1.807) is 0 Å². The van der Waals surface area contributed by atoms with Gasteiger partial charge in [-0.2, -0.15) is 0 Å². The van der Waals surface area contributed by atoms with E-state index < -0.39 is 18.0 Å². The third-order valence-electron chi connectivity index (χ3n) is 1.21. The van der Waals surface area contributed by atoms with Crippen LogP contribution in [0.3, 0.4) is 0 Å². The molecule has 0 aliphatic heterocycles.